The molecule has 0 amide bonds. The number of hydrogen-bond donors (Lipinski definition) is 2. The Morgan fingerprint density at radius 2 is 1.78 bits per heavy atom. The third kappa shape index (κ3) is 5.41. The van der Waals surface area contributed by atoms with Crippen molar-refractivity contribution in [3.63, 3.8) is 0 Å². The molecule has 0 aliphatic heterocycles. The van der Waals surface area contributed by atoms with Gasteiger partial charge in [-0.05, 0) is 30.9 Å². The van der Waals surface area contributed by atoms with Crippen LogP contribution < -0.4 is 0 Å². The molecule has 1 aromatic rings. The summed E-state index contributed by atoms with van der Waals surface area (Å²) >= 11 is 0. The third-order valence-corrected chi connectivity index (χ3v) is 2.98. The van der Waals surface area contributed by atoms with Crippen LogP contribution in [-0.2, 0) is 11.2 Å². The maximum absolute atomic E-state index is 9.61. The summed E-state index contributed by atoms with van der Waals surface area (Å²) in [5.74, 6) is -0.0478. The van der Waals surface area contributed by atoms with Gasteiger partial charge >= 0.3 is 0 Å². The summed E-state index contributed by atoms with van der Waals surface area (Å²) in [6, 6.07) is 5.06. The van der Waals surface area contributed by atoms with Gasteiger partial charge in [0.25, 0.3) is 0 Å². The molecular formula is C15H24O3. The first-order chi connectivity index (χ1) is 8.75. The highest BCUT2D eigenvalue weighted by atomic mass is 16.5. The first-order valence-electron chi connectivity index (χ1n) is 6.83. The van der Waals surface area contributed by atoms with Crippen molar-refractivity contribution in [3.05, 3.63) is 23.8 Å². The number of para-hydroxylation sites is 1. The highest BCUT2D eigenvalue weighted by molar-refractivity contribution is 5.44. The Bertz CT molecular complexity index is 337. The average molecular weight is 252 g/mol. The molecule has 3 heteroatoms. The number of phenols is 2. The number of aromatic hydroxyl groups is 2. The van der Waals surface area contributed by atoms with Gasteiger partial charge in [-0.3, -0.25) is 0 Å². The molecule has 1 aromatic carbocycles. The fourth-order valence-electron chi connectivity index (χ4n) is 1.88. The number of ether oxygens (including phenoxy) is 1. The predicted molar refractivity (Wildman–Crippen MR) is 73.1 cm³/mol. The summed E-state index contributed by atoms with van der Waals surface area (Å²) in [4.78, 5) is 0. The van der Waals surface area contributed by atoms with Crippen molar-refractivity contribution in [2.45, 2.75) is 45.4 Å². The number of rotatable bonds is 9. The molecule has 3 nitrogen and oxygen atoms in total. The van der Waals surface area contributed by atoms with E-state index in [0.29, 0.717) is 6.61 Å². The average Bonchev–Trinajstić information content (AvgIpc) is 2.37. The summed E-state index contributed by atoms with van der Waals surface area (Å²) in [6.45, 7) is 3.73. The summed E-state index contributed by atoms with van der Waals surface area (Å²) in [5.41, 5.74) is 0.782. The quantitative estimate of drug-likeness (QED) is 0.521. The molecule has 0 bridgehead atoms. The van der Waals surface area contributed by atoms with E-state index < -0.39 is 0 Å². The van der Waals surface area contributed by atoms with Gasteiger partial charge in [-0.1, -0.05) is 38.3 Å². The van der Waals surface area contributed by atoms with Gasteiger partial charge in [0.05, 0.1) is 0 Å². The maximum atomic E-state index is 9.61. The SMILES string of the molecule is CCCCCCOCCCc1cccc(O)c1O. The Morgan fingerprint density at radius 3 is 2.56 bits per heavy atom. The number of unbranched alkanes of at least 4 members (excludes halogenated alkanes) is 3. The van der Waals surface area contributed by atoms with Crippen molar-refractivity contribution in [2.24, 2.45) is 0 Å². The standard InChI is InChI=1S/C15H24O3/c1-2-3-4-5-11-18-12-7-9-13-8-6-10-14(16)15(13)17/h6,8,10,16-17H,2-5,7,9,11-12H2,1H3. The van der Waals surface area contributed by atoms with Gasteiger partial charge in [-0.25, -0.2) is 0 Å². The smallest absolute Gasteiger partial charge is 0.160 e. The van der Waals surface area contributed by atoms with Gasteiger partial charge in [0.2, 0.25) is 0 Å². The van der Waals surface area contributed by atoms with E-state index in [2.05, 4.69) is 6.92 Å². The fourth-order valence-corrected chi connectivity index (χ4v) is 1.88. The Kier molecular flexibility index (Phi) is 7.26. The van der Waals surface area contributed by atoms with Gasteiger partial charge in [0, 0.05) is 13.2 Å². The fraction of sp³-hybridized carbons (Fsp3) is 0.600. The van der Waals surface area contributed by atoms with Crippen LogP contribution in [0.2, 0.25) is 0 Å². The minimum atomic E-state index is -0.0482. The molecule has 0 unspecified atom stereocenters. The van der Waals surface area contributed by atoms with Gasteiger partial charge in [0.1, 0.15) is 0 Å². The molecule has 0 saturated carbocycles. The van der Waals surface area contributed by atoms with Crippen LogP contribution in [0.1, 0.15) is 44.6 Å². The zero-order chi connectivity index (χ0) is 13.2. The van der Waals surface area contributed by atoms with E-state index in [9.17, 15) is 10.2 Å². The lowest BCUT2D eigenvalue weighted by atomic mass is 10.1. The molecule has 1 rings (SSSR count). The number of phenolic OH excluding ortho intramolecular Hbond substituents is 2. The van der Waals surface area contributed by atoms with E-state index in [1.165, 1.54) is 25.3 Å². The lowest BCUT2D eigenvalue weighted by Crippen LogP contribution is -1.99. The van der Waals surface area contributed by atoms with Gasteiger partial charge < -0.3 is 14.9 Å². The molecule has 0 aliphatic carbocycles. The predicted octanol–water partition coefficient (Wildman–Crippen LogP) is 3.63. The Morgan fingerprint density at radius 1 is 1.00 bits per heavy atom. The summed E-state index contributed by atoms with van der Waals surface area (Å²) in [5, 5.41) is 18.9. The summed E-state index contributed by atoms with van der Waals surface area (Å²) < 4.78 is 5.53. The number of hydrogen-bond acceptors (Lipinski definition) is 3. The topological polar surface area (TPSA) is 49.7 Å². The molecule has 0 aromatic heterocycles. The molecule has 0 fully saturated rings. The van der Waals surface area contributed by atoms with Crippen LogP contribution in [0.4, 0.5) is 0 Å². The summed E-state index contributed by atoms with van der Waals surface area (Å²) in [7, 11) is 0. The highest BCUT2D eigenvalue weighted by Crippen LogP contribution is 2.28. The van der Waals surface area contributed by atoms with E-state index in [1.807, 2.05) is 6.07 Å². The van der Waals surface area contributed by atoms with Crippen molar-refractivity contribution >= 4 is 0 Å². The Hall–Kier alpha value is -1.22. The van der Waals surface area contributed by atoms with Gasteiger partial charge in [-0.2, -0.15) is 0 Å². The second kappa shape index (κ2) is 8.81. The van der Waals surface area contributed by atoms with Gasteiger partial charge in [-0.15, -0.1) is 0 Å². The Labute approximate surface area is 109 Å². The maximum Gasteiger partial charge on any atom is 0.160 e. The molecule has 0 aliphatic rings. The number of benzene rings is 1. The van der Waals surface area contributed by atoms with Crippen LogP contribution in [0.5, 0.6) is 11.5 Å². The van der Waals surface area contributed by atoms with E-state index >= 15 is 0 Å². The zero-order valence-electron chi connectivity index (χ0n) is 11.2. The lowest BCUT2D eigenvalue weighted by molar-refractivity contribution is 0.127. The largest absolute Gasteiger partial charge is 0.504 e. The van der Waals surface area contributed by atoms with Crippen LogP contribution in [0.25, 0.3) is 0 Å². The number of aryl methyl sites for hydroxylation is 1. The molecule has 0 heterocycles. The molecule has 102 valence electrons. The molecule has 0 spiro atoms. The lowest BCUT2D eigenvalue weighted by Gasteiger charge is -2.06. The van der Waals surface area contributed by atoms with Crippen LogP contribution in [-0.4, -0.2) is 23.4 Å². The van der Waals surface area contributed by atoms with Crippen LogP contribution >= 0.6 is 0 Å². The molecule has 0 saturated heterocycles. The van der Waals surface area contributed by atoms with Crippen molar-refractivity contribution in [1.82, 2.24) is 0 Å². The normalized spacial score (nSPS) is 10.7. The minimum absolute atomic E-state index is 0.000413. The van der Waals surface area contributed by atoms with Gasteiger partial charge in [0.15, 0.2) is 11.5 Å². The monoisotopic (exact) mass is 252 g/mol. The minimum Gasteiger partial charge on any atom is -0.504 e. The van der Waals surface area contributed by atoms with Crippen LogP contribution in [0, 0.1) is 0 Å². The highest BCUT2D eigenvalue weighted by Gasteiger charge is 2.04. The van der Waals surface area contributed by atoms with E-state index in [4.69, 9.17) is 4.74 Å². The first-order valence-corrected chi connectivity index (χ1v) is 6.83. The molecule has 0 atom stereocenters. The van der Waals surface area contributed by atoms with Crippen molar-refractivity contribution in [3.8, 4) is 11.5 Å². The van der Waals surface area contributed by atoms with E-state index in [-0.39, 0.29) is 11.5 Å². The Balaban J connectivity index is 2.09. The van der Waals surface area contributed by atoms with Crippen LogP contribution in [0.15, 0.2) is 18.2 Å². The molecule has 2 N–H and O–H groups in total. The van der Waals surface area contributed by atoms with Crippen molar-refractivity contribution < 1.29 is 14.9 Å². The second-order valence-electron chi connectivity index (χ2n) is 4.56. The molecule has 18 heavy (non-hydrogen) atoms. The van der Waals surface area contributed by atoms with E-state index in [0.717, 1.165) is 31.4 Å². The summed E-state index contributed by atoms with van der Waals surface area (Å²) in [6.07, 6.45) is 6.49. The second-order valence-corrected chi connectivity index (χ2v) is 4.56. The molecular weight excluding hydrogens is 228 g/mol. The van der Waals surface area contributed by atoms with Crippen molar-refractivity contribution in [1.29, 1.82) is 0 Å². The van der Waals surface area contributed by atoms with Crippen LogP contribution in [0.3, 0.4) is 0 Å². The van der Waals surface area contributed by atoms with E-state index in [1.54, 1.807) is 6.07 Å². The zero-order valence-corrected chi connectivity index (χ0v) is 11.2. The third-order valence-electron chi connectivity index (χ3n) is 2.98. The van der Waals surface area contributed by atoms with Crippen molar-refractivity contribution in [2.75, 3.05) is 13.2 Å². The molecule has 0 radical (unpaired) electrons. The first kappa shape index (κ1) is 14.8.